The van der Waals surface area contributed by atoms with Crippen LogP contribution in [0.25, 0.3) is 33.3 Å². The number of aryl methyl sites for hydroxylation is 1. The van der Waals surface area contributed by atoms with E-state index in [1.165, 1.54) is 0 Å². The van der Waals surface area contributed by atoms with Gasteiger partial charge in [-0.1, -0.05) is 31.2 Å². The van der Waals surface area contributed by atoms with Crippen LogP contribution < -0.4 is 10.2 Å². The van der Waals surface area contributed by atoms with Crippen molar-refractivity contribution >= 4 is 69.6 Å². The maximum Gasteiger partial charge on any atom is 0.407 e. The molecule has 45 heavy (non-hydrogen) atoms. The zero-order chi connectivity index (χ0) is 32.3. The second-order valence-electron chi connectivity index (χ2n) is 14.5. The second kappa shape index (κ2) is 12.1. The molecule has 2 unspecified atom stereocenters. The Morgan fingerprint density at radius 2 is 1.84 bits per heavy atom. The average Bonchev–Trinajstić information content (AvgIpc) is 3.55. The minimum absolute atomic E-state index is 0.0468. The van der Waals surface area contributed by atoms with E-state index >= 15 is 0 Å². The standard InChI is InChI=1S/C31H42BrClN8O3Si/c1-31(2,3)44-30(42)34-18-14-19-8-9-20(15-18)41(19)29-27(32)35-26-25(21-10-11-23-22(24(21)33)16-39(4)37-23)38-40(28(26)36-29)17-43-12-13-45(5,6)7/h10-11,16,18-20H,8-9,12-15,17H2,1-7H3,(H,34,42). The zero-order valence-corrected chi connectivity index (χ0v) is 30.4. The summed E-state index contributed by atoms with van der Waals surface area (Å²) < 4.78 is 15.9. The van der Waals surface area contributed by atoms with E-state index in [9.17, 15) is 4.79 Å². The molecule has 0 spiro atoms. The van der Waals surface area contributed by atoms with Crippen LogP contribution in [0.1, 0.15) is 46.5 Å². The van der Waals surface area contributed by atoms with Gasteiger partial charge in [0.15, 0.2) is 11.5 Å². The third-order valence-electron chi connectivity index (χ3n) is 8.41. The highest BCUT2D eigenvalue weighted by Gasteiger charge is 2.43. The highest BCUT2D eigenvalue weighted by molar-refractivity contribution is 9.10. The minimum Gasteiger partial charge on any atom is -0.444 e. The van der Waals surface area contributed by atoms with Gasteiger partial charge in [0.2, 0.25) is 0 Å². The summed E-state index contributed by atoms with van der Waals surface area (Å²) in [5.74, 6) is 0.786. The first kappa shape index (κ1) is 32.2. The molecule has 14 heteroatoms. The van der Waals surface area contributed by atoms with E-state index in [-0.39, 0.29) is 30.9 Å². The number of nitrogens with zero attached hydrogens (tertiary/aromatic N) is 7. The van der Waals surface area contributed by atoms with Gasteiger partial charge in [0.25, 0.3) is 0 Å². The lowest BCUT2D eigenvalue weighted by Crippen LogP contribution is -2.51. The normalized spacial score (nSPS) is 20.4. The molecule has 1 N–H and O–H groups in total. The van der Waals surface area contributed by atoms with Gasteiger partial charge in [0.1, 0.15) is 28.1 Å². The van der Waals surface area contributed by atoms with Gasteiger partial charge in [-0.05, 0) is 80.6 Å². The maximum atomic E-state index is 12.5. The van der Waals surface area contributed by atoms with Crippen molar-refractivity contribution in [2.45, 2.75) is 103 Å². The summed E-state index contributed by atoms with van der Waals surface area (Å²) in [6, 6.07) is 5.44. The summed E-state index contributed by atoms with van der Waals surface area (Å²) in [5.41, 5.74) is 3.00. The Morgan fingerprint density at radius 3 is 2.51 bits per heavy atom. The van der Waals surface area contributed by atoms with Crippen molar-refractivity contribution in [3.05, 3.63) is 28.0 Å². The van der Waals surface area contributed by atoms with E-state index in [1.54, 1.807) is 9.36 Å². The Bertz CT molecular complexity index is 1730. The first-order chi connectivity index (χ1) is 21.2. The molecule has 4 aromatic rings. The van der Waals surface area contributed by atoms with Crippen molar-refractivity contribution in [1.29, 1.82) is 0 Å². The average molecular weight is 718 g/mol. The van der Waals surface area contributed by atoms with Crippen LogP contribution in [0.5, 0.6) is 0 Å². The Morgan fingerprint density at radius 1 is 1.13 bits per heavy atom. The third kappa shape index (κ3) is 6.86. The van der Waals surface area contributed by atoms with E-state index in [0.29, 0.717) is 33.1 Å². The monoisotopic (exact) mass is 716 g/mol. The number of fused-ring (bicyclic) bond motifs is 4. The molecule has 11 nitrogen and oxygen atoms in total. The number of hydrogen-bond donors (Lipinski definition) is 1. The predicted octanol–water partition coefficient (Wildman–Crippen LogP) is 7.13. The highest BCUT2D eigenvalue weighted by Crippen LogP contribution is 2.43. The first-order valence-electron chi connectivity index (χ1n) is 15.6. The molecule has 2 saturated heterocycles. The molecule has 2 fully saturated rings. The van der Waals surface area contributed by atoms with Gasteiger partial charge >= 0.3 is 6.09 Å². The van der Waals surface area contributed by atoms with Crippen molar-refractivity contribution in [2.75, 3.05) is 11.5 Å². The van der Waals surface area contributed by atoms with Gasteiger partial charge in [0, 0.05) is 57.0 Å². The maximum absolute atomic E-state index is 12.5. The van der Waals surface area contributed by atoms with Gasteiger partial charge in [0.05, 0.1) is 10.5 Å². The second-order valence-corrected chi connectivity index (χ2v) is 21.2. The first-order valence-corrected chi connectivity index (χ1v) is 20.5. The number of halogens is 2. The van der Waals surface area contributed by atoms with E-state index < -0.39 is 13.7 Å². The van der Waals surface area contributed by atoms with Crippen LogP contribution in [0, 0.1) is 0 Å². The molecular formula is C31H42BrClN8O3Si. The number of ether oxygens (including phenoxy) is 2. The fraction of sp³-hybridized carbons (Fsp3) is 0.581. The van der Waals surface area contributed by atoms with Gasteiger partial charge < -0.3 is 19.7 Å². The summed E-state index contributed by atoms with van der Waals surface area (Å²) in [6.45, 7) is 13.6. The van der Waals surface area contributed by atoms with Gasteiger partial charge in [-0.2, -0.15) is 10.2 Å². The van der Waals surface area contributed by atoms with E-state index in [2.05, 4.69) is 50.9 Å². The summed E-state index contributed by atoms with van der Waals surface area (Å²) in [5, 5.41) is 14.0. The van der Waals surface area contributed by atoms with Crippen molar-refractivity contribution in [1.82, 2.24) is 34.8 Å². The molecule has 2 aliphatic heterocycles. The Labute approximate surface area is 278 Å². The number of piperidine rings is 1. The molecule has 1 amide bonds. The van der Waals surface area contributed by atoms with Gasteiger partial charge in [-0.3, -0.25) is 4.68 Å². The molecule has 0 radical (unpaired) electrons. The number of amides is 1. The van der Waals surface area contributed by atoms with Crippen LogP contribution in [0.4, 0.5) is 10.6 Å². The number of anilines is 1. The van der Waals surface area contributed by atoms with Crippen LogP contribution in [0.3, 0.4) is 0 Å². The van der Waals surface area contributed by atoms with Gasteiger partial charge in [-0.15, -0.1) is 0 Å². The van der Waals surface area contributed by atoms with Crippen LogP contribution in [0.2, 0.25) is 30.7 Å². The Kier molecular flexibility index (Phi) is 8.68. The largest absolute Gasteiger partial charge is 0.444 e. The van der Waals surface area contributed by atoms with Crippen LogP contribution in [-0.4, -0.2) is 74.0 Å². The number of carbonyl (C=O) groups is 1. The lowest BCUT2D eigenvalue weighted by atomic mass is 9.97. The lowest BCUT2D eigenvalue weighted by molar-refractivity contribution is 0.0492. The molecule has 0 aliphatic carbocycles. The van der Waals surface area contributed by atoms with Crippen molar-refractivity contribution in [2.24, 2.45) is 7.05 Å². The summed E-state index contributed by atoms with van der Waals surface area (Å²) in [6.07, 6.45) is 5.22. The summed E-state index contributed by atoms with van der Waals surface area (Å²) in [4.78, 5) is 25.2. The SMILES string of the molecule is Cn1cc2c(Cl)c(-c3nn(COCC[Si](C)(C)C)c4nc(N5C6CCC5CC(NC(=O)OC(C)(C)C)C6)c(Br)nc34)ccc2n1. The molecule has 1 aromatic carbocycles. The highest BCUT2D eigenvalue weighted by atomic mass is 79.9. The van der Waals surface area contributed by atoms with E-state index in [0.717, 1.165) is 54.0 Å². The molecular weight excluding hydrogens is 676 g/mol. The lowest BCUT2D eigenvalue weighted by Gasteiger charge is -2.40. The molecule has 242 valence electrons. The molecule has 5 heterocycles. The molecule has 2 atom stereocenters. The van der Waals surface area contributed by atoms with E-state index in [1.807, 2.05) is 46.1 Å². The summed E-state index contributed by atoms with van der Waals surface area (Å²) in [7, 11) is 0.622. The fourth-order valence-electron chi connectivity index (χ4n) is 6.39. The number of alkyl carbamates (subject to hydrolysis) is 1. The number of carbonyl (C=O) groups excluding carboxylic acids is 1. The van der Waals surface area contributed by atoms with Crippen molar-refractivity contribution in [3.8, 4) is 11.3 Å². The van der Waals surface area contributed by atoms with E-state index in [4.69, 9.17) is 36.1 Å². The zero-order valence-electron chi connectivity index (χ0n) is 27.0. The minimum atomic E-state index is -1.26. The molecule has 3 aromatic heterocycles. The topological polar surface area (TPSA) is 112 Å². The molecule has 0 saturated carbocycles. The molecule has 2 bridgehead atoms. The quantitative estimate of drug-likeness (QED) is 0.151. The number of hydrogen-bond acceptors (Lipinski definition) is 8. The van der Waals surface area contributed by atoms with Crippen molar-refractivity contribution < 1.29 is 14.3 Å². The van der Waals surface area contributed by atoms with Crippen LogP contribution >= 0.6 is 27.5 Å². The van der Waals surface area contributed by atoms with Crippen LogP contribution in [0.15, 0.2) is 22.9 Å². The van der Waals surface area contributed by atoms with Crippen molar-refractivity contribution in [3.63, 3.8) is 0 Å². The Balaban J connectivity index is 1.34. The number of nitrogens with one attached hydrogen (secondary N) is 1. The number of aromatic nitrogens is 6. The predicted molar refractivity (Wildman–Crippen MR) is 184 cm³/mol. The van der Waals surface area contributed by atoms with Crippen LogP contribution in [-0.2, 0) is 23.3 Å². The molecule has 2 aliphatic rings. The summed E-state index contributed by atoms with van der Waals surface area (Å²) >= 11 is 10.7. The molecule has 6 rings (SSSR count). The van der Waals surface area contributed by atoms with Gasteiger partial charge in [-0.25, -0.2) is 19.4 Å². The number of benzene rings is 1. The number of rotatable bonds is 8. The smallest absolute Gasteiger partial charge is 0.407 e. The third-order valence-corrected chi connectivity index (χ3v) is 11.1. The fourth-order valence-corrected chi connectivity index (χ4v) is 7.92. The Hall–Kier alpha value is -2.74.